The van der Waals surface area contributed by atoms with E-state index in [1.165, 1.54) is 96.0 Å². The van der Waals surface area contributed by atoms with Gasteiger partial charge < -0.3 is 0 Å². The van der Waals surface area contributed by atoms with Crippen LogP contribution in [0.1, 0.15) is 105 Å². The van der Waals surface area contributed by atoms with E-state index < -0.39 is 0 Å². The third-order valence-corrected chi connectivity index (χ3v) is 4.32. The van der Waals surface area contributed by atoms with Crippen LogP contribution in [0.4, 0.5) is 0 Å². The summed E-state index contributed by atoms with van der Waals surface area (Å²) in [4.78, 5) is 0. The van der Waals surface area contributed by atoms with Crippen LogP contribution in [-0.4, -0.2) is 30.0 Å². The fourth-order valence-corrected chi connectivity index (χ4v) is 2.77. The molecule has 0 aliphatic rings. The quantitative estimate of drug-likeness (QED) is 0.176. The third-order valence-electron chi connectivity index (χ3n) is 4.32. The highest BCUT2D eigenvalue weighted by Crippen LogP contribution is 2.05. The highest BCUT2D eigenvalue weighted by molar-refractivity contribution is 5.77. The minimum atomic E-state index is 1.15. The third kappa shape index (κ3) is 12.1. The van der Waals surface area contributed by atoms with E-state index in [-0.39, 0.29) is 0 Å². The molecule has 0 spiro atoms. The Kier molecular flexibility index (Phi) is 16.4. The lowest BCUT2D eigenvalue weighted by Gasteiger charge is -2.14. The Morgan fingerprint density at radius 3 is 1.86 bits per heavy atom. The molecule has 1 N–H and O–H groups in total. The molecule has 0 heterocycles. The molecule has 132 valence electrons. The Bertz CT molecular complexity index is 258. The topological polar surface area (TPSA) is 15.0 Å². The molecule has 0 rings (SSSR count). The van der Waals surface area contributed by atoms with Crippen molar-refractivity contribution in [1.82, 2.24) is 5.32 Å². The molecule has 0 aliphatic heterocycles. The van der Waals surface area contributed by atoms with Gasteiger partial charge in [-0.2, -0.15) is 0 Å². The number of hydrogen-bond acceptors (Lipinski definition) is 0. The monoisotopic (exact) mass is 311 g/mol. The first-order valence-corrected chi connectivity index (χ1v) is 10.1. The Morgan fingerprint density at radius 2 is 1.23 bits per heavy atom. The molecule has 0 fully saturated rings. The van der Waals surface area contributed by atoms with Crippen LogP contribution in [0, 0.1) is 0 Å². The van der Waals surface area contributed by atoms with Gasteiger partial charge in [-0.3, -0.25) is 9.89 Å². The van der Waals surface area contributed by atoms with E-state index in [1.807, 2.05) is 0 Å². The zero-order chi connectivity index (χ0) is 16.5. The maximum atomic E-state index is 3.78. The van der Waals surface area contributed by atoms with Crippen molar-refractivity contribution < 1.29 is 4.58 Å². The van der Waals surface area contributed by atoms with Crippen molar-refractivity contribution >= 4 is 5.84 Å². The van der Waals surface area contributed by atoms with Crippen LogP contribution in [0.15, 0.2) is 0 Å². The summed E-state index contributed by atoms with van der Waals surface area (Å²) in [6, 6.07) is 0. The smallest absolute Gasteiger partial charge is 0.244 e. The van der Waals surface area contributed by atoms with Crippen LogP contribution in [0.25, 0.3) is 0 Å². The normalized spacial score (nSPS) is 12.4. The summed E-state index contributed by atoms with van der Waals surface area (Å²) in [6.45, 7) is 12.8. The highest BCUT2D eigenvalue weighted by atomic mass is 15.1. The van der Waals surface area contributed by atoms with Crippen LogP contribution >= 0.6 is 0 Å². The van der Waals surface area contributed by atoms with Crippen molar-refractivity contribution in [1.29, 1.82) is 0 Å². The first-order valence-electron chi connectivity index (χ1n) is 10.1. The molecule has 0 aromatic heterocycles. The van der Waals surface area contributed by atoms with Crippen LogP contribution in [0.3, 0.4) is 0 Å². The van der Waals surface area contributed by atoms with Gasteiger partial charge in [-0.15, -0.1) is 0 Å². The first-order chi connectivity index (χ1) is 10.8. The summed E-state index contributed by atoms with van der Waals surface area (Å²) in [7, 11) is 0. The lowest BCUT2D eigenvalue weighted by Crippen LogP contribution is -2.35. The van der Waals surface area contributed by atoms with E-state index in [4.69, 9.17) is 0 Å². The average Bonchev–Trinajstić information content (AvgIpc) is 2.53. The number of unbranched alkanes of at least 4 members (excludes halogenated alkanes) is 7. The molecule has 0 bridgehead atoms. The van der Waals surface area contributed by atoms with Gasteiger partial charge in [-0.05, 0) is 32.1 Å². The SMILES string of the molecule is CCCCCCC(NCCCC)=[N+](CCCC)CCCCC. The molecule has 0 aromatic rings. The lowest BCUT2D eigenvalue weighted by molar-refractivity contribution is -0.532. The van der Waals surface area contributed by atoms with Crippen molar-refractivity contribution in [3.8, 4) is 0 Å². The zero-order valence-electron chi connectivity index (χ0n) is 16.1. The van der Waals surface area contributed by atoms with Gasteiger partial charge in [0.05, 0.1) is 19.6 Å². The van der Waals surface area contributed by atoms with E-state index in [2.05, 4.69) is 37.6 Å². The van der Waals surface area contributed by atoms with Gasteiger partial charge in [-0.25, -0.2) is 0 Å². The molecule has 2 nitrogen and oxygen atoms in total. The molecular formula is C20H43N2+. The molecule has 0 saturated heterocycles. The van der Waals surface area contributed by atoms with Crippen LogP contribution in [0.2, 0.25) is 0 Å². The van der Waals surface area contributed by atoms with Gasteiger partial charge in [0.1, 0.15) is 0 Å². The van der Waals surface area contributed by atoms with Gasteiger partial charge in [0, 0.05) is 6.42 Å². The van der Waals surface area contributed by atoms with Crippen LogP contribution < -0.4 is 5.32 Å². The summed E-state index contributed by atoms with van der Waals surface area (Å²) in [5.41, 5.74) is 0. The summed E-state index contributed by atoms with van der Waals surface area (Å²) in [5.74, 6) is 1.54. The molecule has 0 aliphatic carbocycles. The molecule has 2 heteroatoms. The molecule has 0 saturated carbocycles. The Balaban J connectivity index is 4.64. The van der Waals surface area contributed by atoms with Crippen molar-refractivity contribution in [2.75, 3.05) is 19.6 Å². The van der Waals surface area contributed by atoms with Crippen LogP contribution in [-0.2, 0) is 0 Å². The molecule has 0 radical (unpaired) electrons. The van der Waals surface area contributed by atoms with E-state index in [0.717, 1.165) is 6.54 Å². The second kappa shape index (κ2) is 16.8. The Labute approximate surface area is 140 Å². The highest BCUT2D eigenvalue weighted by Gasteiger charge is 2.12. The summed E-state index contributed by atoms with van der Waals surface area (Å²) < 4.78 is 2.67. The minimum absolute atomic E-state index is 1.15. The largest absolute Gasteiger partial charge is 0.278 e. The van der Waals surface area contributed by atoms with E-state index in [9.17, 15) is 0 Å². The van der Waals surface area contributed by atoms with Crippen molar-refractivity contribution in [3.63, 3.8) is 0 Å². The van der Waals surface area contributed by atoms with E-state index in [0.29, 0.717) is 0 Å². The number of nitrogens with zero attached hydrogens (tertiary/aromatic N) is 1. The number of amidine groups is 1. The molecular weight excluding hydrogens is 268 g/mol. The van der Waals surface area contributed by atoms with Gasteiger partial charge in [0.25, 0.3) is 0 Å². The van der Waals surface area contributed by atoms with Gasteiger partial charge in [0.2, 0.25) is 5.84 Å². The molecule has 22 heavy (non-hydrogen) atoms. The average molecular weight is 312 g/mol. The van der Waals surface area contributed by atoms with E-state index >= 15 is 0 Å². The standard InChI is InChI=1S/C20H42N2/c1-5-9-13-14-16-20(21-17-11-7-3)22(18-12-8-4)19-15-10-6-2/h5-19H2,1-4H3/p+1. The maximum Gasteiger partial charge on any atom is 0.244 e. The maximum absolute atomic E-state index is 3.78. The van der Waals surface area contributed by atoms with Crippen LogP contribution in [0.5, 0.6) is 0 Å². The lowest BCUT2D eigenvalue weighted by atomic mass is 10.1. The Morgan fingerprint density at radius 1 is 0.636 bits per heavy atom. The number of hydrogen-bond donors (Lipinski definition) is 1. The zero-order valence-corrected chi connectivity index (χ0v) is 16.1. The van der Waals surface area contributed by atoms with Gasteiger partial charge >= 0.3 is 0 Å². The second-order valence-corrected chi connectivity index (χ2v) is 6.59. The van der Waals surface area contributed by atoms with Gasteiger partial charge in [-0.1, -0.05) is 66.2 Å². The van der Waals surface area contributed by atoms with Crippen molar-refractivity contribution in [2.45, 2.75) is 105 Å². The first kappa shape index (κ1) is 21.5. The predicted molar refractivity (Wildman–Crippen MR) is 101 cm³/mol. The molecule has 0 amide bonds. The minimum Gasteiger partial charge on any atom is -0.278 e. The summed E-state index contributed by atoms with van der Waals surface area (Å²) in [6.07, 6.45) is 15.9. The summed E-state index contributed by atoms with van der Waals surface area (Å²) >= 11 is 0. The molecule has 0 unspecified atom stereocenters. The van der Waals surface area contributed by atoms with E-state index in [1.54, 1.807) is 0 Å². The fraction of sp³-hybridized carbons (Fsp3) is 0.950. The van der Waals surface area contributed by atoms with Gasteiger partial charge in [0.15, 0.2) is 0 Å². The van der Waals surface area contributed by atoms with Crippen molar-refractivity contribution in [3.05, 3.63) is 0 Å². The predicted octanol–water partition coefficient (Wildman–Crippen LogP) is 5.75. The molecule has 0 aromatic carbocycles. The fourth-order valence-electron chi connectivity index (χ4n) is 2.77. The number of rotatable bonds is 15. The summed E-state index contributed by atoms with van der Waals surface area (Å²) in [5, 5.41) is 3.78. The molecule has 0 atom stereocenters. The number of nitrogens with one attached hydrogen (secondary N) is 1. The second-order valence-electron chi connectivity index (χ2n) is 6.59. The Hall–Kier alpha value is -0.530. The van der Waals surface area contributed by atoms with Crippen molar-refractivity contribution in [2.24, 2.45) is 0 Å².